The van der Waals surface area contributed by atoms with Crippen LogP contribution in [-0.4, -0.2) is 61.3 Å². The SMILES string of the molecule is CC1(O)CCC2(O)C3(C)COC4(O)C(O)C12CC(O)C43C. The summed E-state index contributed by atoms with van der Waals surface area (Å²) in [5, 5.41) is 55.0. The highest BCUT2D eigenvalue weighted by Crippen LogP contribution is 2.81. The molecule has 6 nitrogen and oxygen atoms in total. The van der Waals surface area contributed by atoms with Gasteiger partial charge in [0.05, 0.1) is 34.7 Å². The fourth-order valence-electron chi connectivity index (χ4n) is 6.42. The zero-order chi connectivity index (χ0) is 15.7. The van der Waals surface area contributed by atoms with Crippen LogP contribution in [-0.2, 0) is 4.74 Å². The van der Waals surface area contributed by atoms with Crippen molar-refractivity contribution in [2.24, 2.45) is 16.2 Å². The molecule has 8 unspecified atom stereocenters. The standard InChI is InChI=1S/C15H24O6/c1-10-7-21-15(20)9(17)13(6-8(16)12(10,15)3)11(2,18)4-5-14(10,13)19/h8-9,16-20H,4-7H2,1-3H3. The normalized spacial score (nSPS) is 72.0. The Morgan fingerprint density at radius 3 is 2.24 bits per heavy atom. The minimum atomic E-state index is -1.96. The summed E-state index contributed by atoms with van der Waals surface area (Å²) in [5.41, 5.74) is -6.29. The Hall–Kier alpha value is -0.240. The van der Waals surface area contributed by atoms with Crippen LogP contribution in [0.2, 0.25) is 0 Å². The zero-order valence-corrected chi connectivity index (χ0v) is 12.6. The fourth-order valence-corrected chi connectivity index (χ4v) is 6.42. The molecule has 5 rings (SSSR count). The largest absolute Gasteiger partial charge is 0.392 e. The van der Waals surface area contributed by atoms with E-state index in [0.717, 1.165) is 0 Å². The first-order valence-corrected chi connectivity index (χ1v) is 7.62. The van der Waals surface area contributed by atoms with E-state index >= 15 is 0 Å². The second-order valence-corrected chi connectivity index (χ2v) is 8.25. The number of aliphatic hydroxyl groups is 5. The van der Waals surface area contributed by atoms with Gasteiger partial charge >= 0.3 is 0 Å². The maximum atomic E-state index is 11.5. The summed E-state index contributed by atoms with van der Waals surface area (Å²) in [4.78, 5) is 0. The van der Waals surface area contributed by atoms with E-state index in [1.165, 1.54) is 0 Å². The van der Waals surface area contributed by atoms with Crippen molar-refractivity contribution in [3.05, 3.63) is 0 Å². The highest BCUT2D eigenvalue weighted by atomic mass is 16.7. The van der Waals surface area contributed by atoms with Crippen LogP contribution in [0.25, 0.3) is 0 Å². The number of aliphatic hydroxyl groups excluding tert-OH is 2. The summed E-state index contributed by atoms with van der Waals surface area (Å²) in [7, 11) is 0. The average molecular weight is 300 g/mol. The maximum absolute atomic E-state index is 11.5. The van der Waals surface area contributed by atoms with Gasteiger partial charge in [0, 0.05) is 5.41 Å². The van der Waals surface area contributed by atoms with Crippen LogP contribution in [0, 0.1) is 16.2 Å². The van der Waals surface area contributed by atoms with Crippen LogP contribution in [0.4, 0.5) is 0 Å². The molecule has 5 fully saturated rings. The number of hydrogen-bond acceptors (Lipinski definition) is 6. The van der Waals surface area contributed by atoms with Crippen LogP contribution >= 0.6 is 0 Å². The molecule has 1 saturated heterocycles. The zero-order valence-electron chi connectivity index (χ0n) is 12.6. The lowest BCUT2D eigenvalue weighted by molar-refractivity contribution is -0.424. The lowest BCUT2D eigenvalue weighted by atomic mass is 9.34. The molecule has 1 spiro atoms. The quantitative estimate of drug-likeness (QED) is 0.397. The lowest BCUT2D eigenvalue weighted by Crippen LogP contribution is -2.86. The molecule has 0 aromatic heterocycles. The molecule has 0 aromatic carbocycles. The molecule has 1 aliphatic heterocycles. The third-order valence-electron chi connectivity index (χ3n) is 8.08. The van der Waals surface area contributed by atoms with Crippen LogP contribution in [0.5, 0.6) is 0 Å². The minimum absolute atomic E-state index is 0.0441. The first-order valence-electron chi connectivity index (χ1n) is 7.62. The Labute approximate surface area is 123 Å². The van der Waals surface area contributed by atoms with Gasteiger partial charge < -0.3 is 30.3 Å². The van der Waals surface area contributed by atoms with E-state index in [9.17, 15) is 25.5 Å². The molecule has 0 radical (unpaired) electrons. The van der Waals surface area contributed by atoms with E-state index in [4.69, 9.17) is 4.74 Å². The van der Waals surface area contributed by atoms with Crippen molar-refractivity contribution in [1.29, 1.82) is 0 Å². The Bertz CT molecular complexity index is 536. The molecular formula is C15H24O6. The number of fused-ring (bicyclic) bond motifs is 1. The van der Waals surface area contributed by atoms with Crippen LogP contribution in [0.1, 0.15) is 40.0 Å². The van der Waals surface area contributed by atoms with Crippen molar-refractivity contribution in [2.75, 3.05) is 6.61 Å². The third kappa shape index (κ3) is 0.932. The van der Waals surface area contributed by atoms with Crippen LogP contribution in [0.15, 0.2) is 0 Å². The van der Waals surface area contributed by atoms with Crippen molar-refractivity contribution < 1.29 is 30.3 Å². The van der Waals surface area contributed by atoms with E-state index in [2.05, 4.69) is 0 Å². The second kappa shape index (κ2) is 3.18. The minimum Gasteiger partial charge on any atom is -0.392 e. The van der Waals surface area contributed by atoms with Crippen molar-refractivity contribution in [2.45, 2.75) is 69.2 Å². The molecule has 21 heavy (non-hydrogen) atoms. The van der Waals surface area contributed by atoms with Gasteiger partial charge in [0.1, 0.15) is 6.10 Å². The monoisotopic (exact) mass is 300 g/mol. The predicted molar refractivity (Wildman–Crippen MR) is 71.0 cm³/mol. The number of rotatable bonds is 0. The second-order valence-electron chi connectivity index (χ2n) is 8.25. The van der Waals surface area contributed by atoms with E-state index in [1.807, 2.05) is 0 Å². The van der Waals surface area contributed by atoms with Crippen molar-refractivity contribution in [3.63, 3.8) is 0 Å². The van der Waals surface area contributed by atoms with Gasteiger partial charge in [0.25, 0.3) is 0 Å². The lowest BCUT2D eigenvalue weighted by Gasteiger charge is -2.73. The smallest absolute Gasteiger partial charge is 0.201 e. The average Bonchev–Trinajstić information content (AvgIpc) is 2.74. The van der Waals surface area contributed by atoms with E-state index in [-0.39, 0.29) is 13.0 Å². The van der Waals surface area contributed by atoms with Crippen molar-refractivity contribution >= 4 is 0 Å². The van der Waals surface area contributed by atoms with Crippen molar-refractivity contribution in [1.82, 2.24) is 0 Å². The molecule has 6 heteroatoms. The van der Waals surface area contributed by atoms with Gasteiger partial charge in [-0.1, -0.05) is 13.8 Å². The molecule has 4 aliphatic carbocycles. The van der Waals surface area contributed by atoms with Gasteiger partial charge in [-0.15, -0.1) is 0 Å². The molecule has 4 saturated carbocycles. The first-order chi connectivity index (χ1) is 9.45. The predicted octanol–water partition coefficient (Wildman–Crippen LogP) is -0.881. The van der Waals surface area contributed by atoms with Gasteiger partial charge in [-0.05, 0) is 26.2 Å². The van der Waals surface area contributed by atoms with E-state index in [1.54, 1.807) is 20.8 Å². The van der Waals surface area contributed by atoms with Gasteiger partial charge in [0.2, 0.25) is 5.79 Å². The Morgan fingerprint density at radius 1 is 1.00 bits per heavy atom. The summed E-state index contributed by atoms with van der Waals surface area (Å²) in [5.74, 6) is -1.96. The number of ether oxygens (including phenoxy) is 1. The summed E-state index contributed by atoms with van der Waals surface area (Å²) in [6.07, 6.45) is -1.74. The van der Waals surface area contributed by atoms with Crippen LogP contribution < -0.4 is 0 Å². The molecule has 120 valence electrons. The topological polar surface area (TPSA) is 110 Å². The third-order valence-corrected chi connectivity index (χ3v) is 8.08. The molecule has 4 bridgehead atoms. The summed E-state index contributed by atoms with van der Waals surface area (Å²) in [6, 6.07) is 0. The van der Waals surface area contributed by atoms with E-state index in [0.29, 0.717) is 12.8 Å². The fraction of sp³-hybridized carbons (Fsp3) is 1.00. The molecule has 5 aliphatic rings. The van der Waals surface area contributed by atoms with Gasteiger partial charge in [0.15, 0.2) is 0 Å². The maximum Gasteiger partial charge on any atom is 0.201 e. The molecule has 0 amide bonds. The first kappa shape index (κ1) is 14.4. The summed E-state index contributed by atoms with van der Waals surface area (Å²) in [6.45, 7) is 5.07. The molecular weight excluding hydrogens is 276 g/mol. The molecule has 0 aromatic rings. The van der Waals surface area contributed by atoms with E-state index < -0.39 is 45.4 Å². The summed E-state index contributed by atoms with van der Waals surface area (Å²) >= 11 is 0. The van der Waals surface area contributed by atoms with Gasteiger partial charge in [-0.25, -0.2) is 0 Å². The number of hydrogen-bond donors (Lipinski definition) is 5. The highest BCUT2D eigenvalue weighted by Gasteiger charge is 2.93. The Balaban J connectivity index is 2.10. The molecule has 5 N–H and O–H groups in total. The van der Waals surface area contributed by atoms with Gasteiger partial charge in [-0.3, -0.25) is 0 Å². The Morgan fingerprint density at radius 2 is 1.62 bits per heavy atom. The molecule has 8 atom stereocenters. The van der Waals surface area contributed by atoms with Gasteiger partial charge in [-0.2, -0.15) is 0 Å². The highest BCUT2D eigenvalue weighted by molar-refractivity contribution is 5.39. The summed E-state index contributed by atoms with van der Waals surface area (Å²) < 4.78 is 5.55. The van der Waals surface area contributed by atoms with Crippen LogP contribution in [0.3, 0.4) is 0 Å². The van der Waals surface area contributed by atoms with Crippen molar-refractivity contribution in [3.8, 4) is 0 Å². The Kier molecular flexibility index (Phi) is 2.17. The molecule has 1 heterocycles.